The first kappa shape index (κ1) is 14.5. The monoisotopic (exact) mass is 301 g/mol. The quantitative estimate of drug-likeness (QED) is 0.946. The average molecular weight is 301 g/mol. The van der Waals surface area contributed by atoms with Crippen LogP contribution in [0, 0.1) is 5.82 Å². The number of amides is 1. The molecule has 22 heavy (non-hydrogen) atoms. The molecule has 1 aliphatic heterocycles. The van der Waals surface area contributed by atoms with Crippen LogP contribution in [0.2, 0.25) is 0 Å². The van der Waals surface area contributed by atoms with Crippen molar-refractivity contribution in [3.05, 3.63) is 54.1 Å². The second kappa shape index (κ2) is 6.53. The maximum Gasteiger partial charge on any atom is 0.272 e. The van der Waals surface area contributed by atoms with Crippen LogP contribution in [0.5, 0.6) is 0 Å². The lowest BCUT2D eigenvalue weighted by atomic mass is 10.2. The summed E-state index contributed by atoms with van der Waals surface area (Å²) in [6.07, 6.45) is 1.57. The largest absolute Gasteiger partial charge is 0.378 e. The number of benzene rings is 1. The molecule has 2 heterocycles. The van der Waals surface area contributed by atoms with E-state index in [0.29, 0.717) is 43.4 Å². The molecule has 0 bridgehead atoms. The Hall–Kier alpha value is -2.47. The van der Waals surface area contributed by atoms with Gasteiger partial charge >= 0.3 is 0 Å². The molecule has 6 heteroatoms. The molecule has 0 unspecified atom stereocenters. The first-order valence-electron chi connectivity index (χ1n) is 7.08. The summed E-state index contributed by atoms with van der Waals surface area (Å²) in [5.41, 5.74) is 1.73. The van der Waals surface area contributed by atoms with Crippen LogP contribution < -0.4 is 5.32 Å². The fourth-order valence-electron chi connectivity index (χ4n) is 2.26. The Morgan fingerprint density at radius 2 is 2.00 bits per heavy atom. The molecule has 2 aromatic rings. The van der Waals surface area contributed by atoms with E-state index in [1.807, 2.05) is 0 Å². The van der Waals surface area contributed by atoms with Crippen molar-refractivity contribution in [2.24, 2.45) is 0 Å². The van der Waals surface area contributed by atoms with Crippen molar-refractivity contribution in [2.75, 3.05) is 31.6 Å². The van der Waals surface area contributed by atoms with Gasteiger partial charge in [-0.15, -0.1) is 0 Å². The number of nitrogens with zero attached hydrogens (tertiary/aromatic N) is 2. The van der Waals surface area contributed by atoms with Gasteiger partial charge < -0.3 is 15.0 Å². The lowest BCUT2D eigenvalue weighted by Gasteiger charge is -2.26. The van der Waals surface area contributed by atoms with Crippen LogP contribution >= 0.6 is 0 Å². The lowest BCUT2D eigenvalue weighted by Crippen LogP contribution is -2.41. The molecular weight excluding hydrogens is 285 g/mol. The van der Waals surface area contributed by atoms with E-state index in [1.54, 1.807) is 35.4 Å². The Morgan fingerprint density at radius 3 is 2.68 bits per heavy atom. The number of nitrogens with one attached hydrogen (secondary N) is 1. The Morgan fingerprint density at radius 1 is 1.18 bits per heavy atom. The van der Waals surface area contributed by atoms with E-state index in [9.17, 15) is 9.18 Å². The van der Waals surface area contributed by atoms with Crippen LogP contribution in [0.15, 0.2) is 42.6 Å². The predicted octanol–water partition coefficient (Wildman–Crippen LogP) is 2.44. The van der Waals surface area contributed by atoms with Gasteiger partial charge in [0.1, 0.15) is 11.5 Å². The van der Waals surface area contributed by atoms with Gasteiger partial charge in [0.2, 0.25) is 0 Å². The van der Waals surface area contributed by atoms with Crippen molar-refractivity contribution in [1.29, 1.82) is 0 Å². The van der Waals surface area contributed by atoms with Gasteiger partial charge in [-0.3, -0.25) is 4.79 Å². The molecule has 1 aromatic carbocycles. The minimum atomic E-state index is -0.308. The third kappa shape index (κ3) is 3.40. The molecule has 114 valence electrons. The highest BCUT2D eigenvalue weighted by Crippen LogP contribution is 2.17. The lowest BCUT2D eigenvalue weighted by molar-refractivity contribution is 0.0299. The summed E-state index contributed by atoms with van der Waals surface area (Å²) in [5, 5.41) is 3.04. The zero-order valence-corrected chi connectivity index (χ0v) is 12.0. The van der Waals surface area contributed by atoms with E-state index in [-0.39, 0.29) is 11.7 Å². The summed E-state index contributed by atoms with van der Waals surface area (Å²) in [5.74, 6) is -0.405. The summed E-state index contributed by atoms with van der Waals surface area (Å²) in [4.78, 5) is 18.2. The van der Waals surface area contributed by atoms with E-state index >= 15 is 0 Å². The number of halogens is 1. The minimum absolute atomic E-state index is 0.0967. The van der Waals surface area contributed by atoms with Crippen molar-refractivity contribution in [3.8, 4) is 0 Å². The predicted molar refractivity (Wildman–Crippen MR) is 80.6 cm³/mol. The van der Waals surface area contributed by atoms with Gasteiger partial charge in [0, 0.05) is 18.8 Å². The highest BCUT2D eigenvalue weighted by molar-refractivity contribution is 5.92. The van der Waals surface area contributed by atoms with Crippen LogP contribution in [-0.4, -0.2) is 42.1 Å². The maximum absolute atomic E-state index is 13.1. The van der Waals surface area contributed by atoms with Crippen LogP contribution in [0.1, 0.15) is 10.5 Å². The third-order valence-corrected chi connectivity index (χ3v) is 3.39. The third-order valence-electron chi connectivity index (χ3n) is 3.39. The van der Waals surface area contributed by atoms with Crippen molar-refractivity contribution < 1.29 is 13.9 Å². The van der Waals surface area contributed by atoms with E-state index in [0.717, 1.165) is 0 Å². The molecule has 1 saturated heterocycles. The van der Waals surface area contributed by atoms with Gasteiger partial charge in [0.05, 0.1) is 25.1 Å². The molecule has 1 aromatic heterocycles. The Labute approximate surface area is 127 Å². The summed E-state index contributed by atoms with van der Waals surface area (Å²) in [7, 11) is 0. The number of morpholine rings is 1. The highest BCUT2D eigenvalue weighted by atomic mass is 19.1. The number of ether oxygens (including phenoxy) is 1. The van der Waals surface area contributed by atoms with Gasteiger partial charge in [0.15, 0.2) is 0 Å². The van der Waals surface area contributed by atoms with E-state index < -0.39 is 0 Å². The molecule has 0 aliphatic carbocycles. The average Bonchev–Trinajstić information content (AvgIpc) is 2.56. The molecule has 5 nitrogen and oxygen atoms in total. The van der Waals surface area contributed by atoms with Crippen molar-refractivity contribution in [2.45, 2.75) is 0 Å². The first-order chi connectivity index (χ1) is 10.7. The Bertz CT molecular complexity index is 655. The zero-order valence-electron chi connectivity index (χ0n) is 12.0. The number of hydrogen-bond donors (Lipinski definition) is 1. The fraction of sp³-hybridized carbons (Fsp3) is 0.250. The molecule has 3 rings (SSSR count). The number of anilines is 2. The fourth-order valence-corrected chi connectivity index (χ4v) is 2.26. The number of pyridine rings is 1. The van der Waals surface area contributed by atoms with Crippen LogP contribution in [-0.2, 0) is 4.74 Å². The van der Waals surface area contributed by atoms with E-state index in [4.69, 9.17) is 4.74 Å². The van der Waals surface area contributed by atoms with Gasteiger partial charge in [-0.05, 0) is 30.3 Å². The molecule has 0 radical (unpaired) electrons. The maximum atomic E-state index is 13.1. The molecule has 1 fully saturated rings. The van der Waals surface area contributed by atoms with Gasteiger partial charge in [-0.1, -0.05) is 6.07 Å². The van der Waals surface area contributed by atoms with E-state index in [1.165, 1.54) is 12.1 Å². The number of hydrogen-bond acceptors (Lipinski definition) is 4. The molecule has 1 N–H and O–H groups in total. The van der Waals surface area contributed by atoms with Gasteiger partial charge in [-0.25, -0.2) is 9.37 Å². The van der Waals surface area contributed by atoms with Crippen molar-refractivity contribution >= 4 is 17.3 Å². The minimum Gasteiger partial charge on any atom is -0.378 e. The number of carbonyl (C=O) groups is 1. The number of carbonyl (C=O) groups excluding carboxylic acids is 1. The molecule has 0 saturated carbocycles. The molecule has 0 atom stereocenters. The summed E-state index contributed by atoms with van der Waals surface area (Å²) in [6.45, 7) is 2.30. The van der Waals surface area contributed by atoms with Crippen LogP contribution in [0.3, 0.4) is 0 Å². The summed E-state index contributed by atoms with van der Waals surface area (Å²) in [6, 6.07) is 9.59. The van der Waals surface area contributed by atoms with Crippen molar-refractivity contribution in [1.82, 2.24) is 9.88 Å². The SMILES string of the molecule is O=C(c1ccc(Nc2cccc(F)c2)cn1)N1CCOCC1. The van der Waals surface area contributed by atoms with Crippen molar-refractivity contribution in [3.63, 3.8) is 0 Å². The second-order valence-corrected chi connectivity index (χ2v) is 4.97. The number of rotatable bonds is 3. The molecule has 1 aliphatic rings. The summed E-state index contributed by atoms with van der Waals surface area (Å²) < 4.78 is 18.4. The summed E-state index contributed by atoms with van der Waals surface area (Å²) >= 11 is 0. The first-order valence-corrected chi connectivity index (χ1v) is 7.08. The van der Waals surface area contributed by atoms with Gasteiger partial charge in [-0.2, -0.15) is 0 Å². The zero-order chi connectivity index (χ0) is 15.4. The Kier molecular flexibility index (Phi) is 4.29. The smallest absolute Gasteiger partial charge is 0.272 e. The molecule has 0 spiro atoms. The molecule has 1 amide bonds. The Balaban J connectivity index is 1.68. The van der Waals surface area contributed by atoms with Crippen LogP contribution in [0.25, 0.3) is 0 Å². The standard InChI is InChI=1S/C16H16FN3O2/c17-12-2-1-3-13(10-12)19-14-4-5-15(18-11-14)16(21)20-6-8-22-9-7-20/h1-5,10-11,19H,6-9H2. The van der Waals surface area contributed by atoms with Crippen LogP contribution in [0.4, 0.5) is 15.8 Å². The molecular formula is C16H16FN3O2. The van der Waals surface area contributed by atoms with E-state index in [2.05, 4.69) is 10.3 Å². The number of aromatic nitrogens is 1. The topological polar surface area (TPSA) is 54.5 Å². The second-order valence-electron chi connectivity index (χ2n) is 4.97. The highest BCUT2D eigenvalue weighted by Gasteiger charge is 2.19. The normalized spacial score (nSPS) is 14.7. The van der Waals surface area contributed by atoms with Gasteiger partial charge in [0.25, 0.3) is 5.91 Å².